The lowest BCUT2D eigenvalue weighted by Crippen LogP contribution is -2.35. The minimum atomic E-state index is -3.47. The van der Waals surface area contributed by atoms with Crippen LogP contribution < -0.4 is 9.47 Å². The van der Waals surface area contributed by atoms with E-state index < -0.39 is 10.0 Å². The highest BCUT2D eigenvalue weighted by Crippen LogP contribution is 2.35. The van der Waals surface area contributed by atoms with Gasteiger partial charge in [-0.1, -0.05) is 0 Å². The Balaban J connectivity index is 1.93. The summed E-state index contributed by atoms with van der Waals surface area (Å²) >= 11 is 4.54. The molecule has 0 fully saturated rings. The van der Waals surface area contributed by atoms with Gasteiger partial charge in [0.1, 0.15) is 4.21 Å². The summed E-state index contributed by atoms with van der Waals surface area (Å²) < 4.78 is 38.8. The van der Waals surface area contributed by atoms with Gasteiger partial charge in [-0.05, 0) is 57.7 Å². The average molecular weight is 418 g/mol. The minimum absolute atomic E-state index is 0.341. The van der Waals surface area contributed by atoms with E-state index in [1.807, 2.05) is 12.1 Å². The number of nitrogens with zero attached hydrogens (tertiary/aromatic N) is 1. The molecular formula is C15H16BrNO4S2. The van der Waals surface area contributed by atoms with Gasteiger partial charge in [0.15, 0.2) is 11.5 Å². The van der Waals surface area contributed by atoms with E-state index in [1.165, 1.54) is 15.6 Å². The molecule has 0 saturated heterocycles. The topological polar surface area (TPSA) is 55.8 Å². The SMILES string of the molecule is COc1cc2c(cc1OC)CN(S(=O)(=O)c1ccc(Br)s1)CC2. The second-order valence-corrected chi connectivity index (χ2v) is 9.75. The molecule has 0 saturated carbocycles. The Morgan fingerprint density at radius 1 is 1.13 bits per heavy atom. The highest BCUT2D eigenvalue weighted by Gasteiger charge is 2.30. The van der Waals surface area contributed by atoms with Crippen LogP contribution in [0.3, 0.4) is 0 Å². The van der Waals surface area contributed by atoms with E-state index in [1.54, 1.807) is 26.4 Å². The second-order valence-electron chi connectivity index (χ2n) is 5.12. The quantitative estimate of drug-likeness (QED) is 0.765. The van der Waals surface area contributed by atoms with E-state index in [9.17, 15) is 8.42 Å². The molecule has 5 nitrogen and oxygen atoms in total. The molecule has 0 bridgehead atoms. The number of methoxy groups -OCH3 is 2. The van der Waals surface area contributed by atoms with Crippen molar-refractivity contribution in [2.45, 2.75) is 17.2 Å². The third-order valence-corrected chi connectivity index (χ3v) is 7.76. The minimum Gasteiger partial charge on any atom is -0.493 e. The number of hydrogen-bond acceptors (Lipinski definition) is 5. The molecule has 0 unspecified atom stereocenters. The van der Waals surface area contributed by atoms with Gasteiger partial charge < -0.3 is 9.47 Å². The van der Waals surface area contributed by atoms with Gasteiger partial charge in [-0.25, -0.2) is 8.42 Å². The van der Waals surface area contributed by atoms with Crippen LogP contribution in [0, 0.1) is 0 Å². The maximum absolute atomic E-state index is 12.7. The van der Waals surface area contributed by atoms with Crippen molar-refractivity contribution < 1.29 is 17.9 Å². The Labute approximate surface area is 148 Å². The van der Waals surface area contributed by atoms with Gasteiger partial charge >= 0.3 is 0 Å². The summed E-state index contributed by atoms with van der Waals surface area (Å²) in [6.07, 6.45) is 0.654. The number of thiophene rings is 1. The Bertz CT molecular complexity index is 832. The summed E-state index contributed by atoms with van der Waals surface area (Å²) in [6.45, 7) is 0.799. The summed E-state index contributed by atoms with van der Waals surface area (Å²) in [6, 6.07) is 7.18. The fourth-order valence-corrected chi connectivity index (χ4v) is 6.21. The van der Waals surface area contributed by atoms with Crippen LogP contribution in [-0.2, 0) is 23.0 Å². The average Bonchev–Trinajstić information content (AvgIpc) is 3.00. The van der Waals surface area contributed by atoms with Crippen LogP contribution in [0.1, 0.15) is 11.1 Å². The number of hydrogen-bond donors (Lipinski definition) is 0. The molecule has 2 heterocycles. The van der Waals surface area contributed by atoms with Crippen LogP contribution in [0.5, 0.6) is 11.5 Å². The molecule has 124 valence electrons. The van der Waals surface area contributed by atoms with Crippen LogP contribution in [0.15, 0.2) is 32.3 Å². The summed E-state index contributed by atoms with van der Waals surface area (Å²) in [5.41, 5.74) is 2.05. The molecule has 0 radical (unpaired) electrons. The first-order chi connectivity index (χ1) is 11.0. The Kier molecular flexibility index (Phi) is 4.68. The van der Waals surface area contributed by atoms with E-state index in [0.717, 1.165) is 14.9 Å². The molecule has 8 heteroatoms. The fraction of sp³-hybridized carbons (Fsp3) is 0.333. The smallest absolute Gasteiger partial charge is 0.252 e. The number of fused-ring (bicyclic) bond motifs is 1. The van der Waals surface area contributed by atoms with Crippen molar-refractivity contribution in [2.75, 3.05) is 20.8 Å². The van der Waals surface area contributed by atoms with Gasteiger partial charge in [0, 0.05) is 13.1 Å². The molecule has 3 rings (SSSR count). The highest BCUT2D eigenvalue weighted by molar-refractivity contribution is 9.11. The van der Waals surface area contributed by atoms with Crippen LogP contribution in [0.25, 0.3) is 0 Å². The third kappa shape index (κ3) is 3.13. The molecule has 1 aromatic heterocycles. The number of sulfonamides is 1. The molecule has 0 aliphatic carbocycles. The van der Waals surface area contributed by atoms with Gasteiger partial charge in [0.25, 0.3) is 10.0 Å². The largest absolute Gasteiger partial charge is 0.493 e. The zero-order valence-electron chi connectivity index (χ0n) is 12.7. The molecule has 2 aromatic rings. The van der Waals surface area contributed by atoms with E-state index in [-0.39, 0.29) is 0 Å². The van der Waals surface area contributed by atoms with Crippen molar-refractivity contribution in [3.63, 3.8) is 0 Å². The predicted octanol–water partition coefficient (Wildman–Crippen LogP) is 3.27. The number of rotatable bonds is 4. The van der Waals surface area contributed by atoms with E-state index in [4.69, 9.17) is 9.47 Å². The Hall–Kier alpha value is -1.09. The van der Waals surface area contributed by atoms with E-state index in [2.05, 4.69) is 15.9 Å². The summed E-state index contributed by atoms with van der Waals surface area (Å²) in [4.78, 5) is 0. The molecule has 0 spiro atoms. The van der Waals surface area contributed by atoms with Gasteiger partial charge in [-0.3, -0.25) is 0 Å². The first-order valence-corrected chi connectivity index (χ1v) is 10.00. The van der Waals surface area contributed by atoms with Crippen LogP contribution in [0.2, 0.25) is 0 Å². The molecule has 1 aliphatic heterocycles. The maximum Gasteiger partial charge on any atom is 0.252 e. The molecule has 0 atom stereocenters. The fourth-order valence-electron chi connectivity index (χ4n) is 2.63. The lowest BCUT2D eigenvalue weighted by atomic mass is 10.0. The number of benzene rings is 1. The van der Waals surface area contributed by atoms with Crippen molar-refractivity contribution >= 4 is 37.3 Å². The number of ether oxygens (including phenoxy) is 2. The Morgan fingerprint density at radius 2 is 1.78 bits per heavy atom. The van der Waals surface area contributed by atoms with Crippen LogP contribution in [-0.4, -0.2) is 33.5 Å². The Morgan fingerprint density at radius 3 is 2.35 bits per heavy atom. The second kappa shape index (κ2) is 6.43. The zero-order chi connectivity index (χ0) is 16.6. The lowest BCUT2D eigenvalue weighted by molar-refractivity contribution is 0.348. The van der Waals surface area contributed by atoms with Gasteiger partial charge in [0.05, 0.1) is 18.0 Å². The molecule has 0 N–H and O–H groups in total. The summed E-state index contributed by atoms with van der Waals surface area (Å²) in [5, 5.41) is 0. The summed E-state index contributed by atoms with van der Waals surface area (Å²) in [5.74, 6) is 1.29. The van der Waals surface area contributed by atoms with Crippen molar-refractivity contribution in [3.8, 4) is 11.5 Å². The van der Waals surface area contributed by atoms with Crippen molar-refractivity contribution in [2.24, 2.45) is 0 Å². The number of halogens is 1. The molecular weight excluding hydrogens is 402 g/mol. The van der Waals surface area contributed by atoms with Crippen LogP contribution in [0.4, 0.5) is 0 Å². The molecule has 1 aromatic carbocycles. The zero-order valence-corrected chi connectivity index (χ0v) is 15.9. The van der Waals surface area contributed by atoms with E-state index in [0.29, 0.717) is 35.2 Å². The van der Waals surface area contributed by atoms with Crippen molar-refractivity contribution in [1.82, 2.24) is 4.31 Å². The van der Waals surface area contributed by atoms with Crippen LogP contribution >= 0.6 is 27.3 Å². The van der Waals surface area contributed by atoms with Gasteiger partial charge in [-0.2, -0.15) is 4.31 Å². The first-order valence-electron chi connectivity index (χ1n) is 6.95. The first kappa shape index (κ1) is 16.8. The van der Waals surface area contributed by atoms with Gasteiger partial charge in [0.2, 0.25) is 0 Å². The van der Waals surface area contributed by atoms with Crippen molar-refractivity contribution in [1.29, 1.82) is 0 Å². The normalized spacial score (nSPS) is 15.3. The molecule has 23 heavy (non-hydrogen) atoms. The maximum atomic E-state index is 12.7. The van der Waals surface area contributed by atoms with Gasteiger partial charge in [-0.15, -0.1) is 11.3 Å². The van der Waals surface area contributed by atoms with E-state index >= 15 is 0 Å². The lowest BCUT2D eigenvalue weighted by Gasteiger charge is -2.28. The molecule has 1 aliphatic rings. The van der Waals surface area contributed by atoms with Crippen molar-refractivity contribution in [3.05, 3.63) is 39.2 Å². The standard InChI is InChI=1S/C15H16BrNO4S2/c1-20-12-7-10-5-6-17(9-11(10)8-13(12)21-2)23(18,19)15-4-3-14(16)22-15/h3-4,7-8H,5-6,9H2,1-2H3. The predicted molar refractivity (Wildman–Crippen MR) is 92.9 cm³/mol. The molecule has 0 amide bonds. The monoisotopic (exact) mass is 417 g/mol. The highest BCUT2D eigenvalue weighted by atomic mass is 79.9. The third-order valence-electron chi connectivity index (χ3n) is 3.83. The summed E-state index contributed by atoms with van der Waals surface area (Å²) in [7, 11) is -0.299.